The maximum atomic E-state index is 9.69. The van der Waals surface area contributed by atoms with E-state index in [0.717, 1.165) is 9.13 Å². The lowest BCUT2D eigenvalue weighted by molar-refractivity contribution is 1.17. The minimum Gasteiger partial charge on any atom is -0.309 e. The van der Waals surface area contributed by atoms with Crippen LogP contribution in [0.15, 0.2) is 163 Å². The van der Waals surface area contributed by atoms with Crippen LogP contribution in [0, 0.1) is 6.92 Å². The van der Waals surface area contributed by atoms with Gasteiger partial charge in [0.15, 0.2) is 5.82 Å². The number of fused-ring (bicyclic) bond motifs is 8. The van der Waals surface area contributed by atoms with Gasteiger partial charge in [-0.1, -0.05) is 96.2 Å². The van der Waals surface area contributed by atoms with E-state index in [4.69, 9.17) is 24.7 Å². The molecular formula is C45H30N4. The van der Waals surface area contributed by atoms with Crippen molar-refractivity contribution in [2.24, 2.45) is 0 Å². The first-order chi connectivity index (χ1) is 35.5. The molecule has 0 unspecified atom stereocenters. The zero-order valence-corrected chi connectivity index (χ0v) is 24.8. The van der Waals surface area contributed by atoms with Gasteiger partial charge in [-0.05, 0) is 79.4 Å². The van der Waals surface area contributed by atoms with E-state index < -0.39 is 252 Å². The maximum Gasteiger partial charge on any atom is 0.160 e. The van der Waals surface area contributed by atoms with Gasteiger partial charge in [0.1, 0.15) is 0 Å². The summed E-state index contributed by atoms with van der Waals surface area (Å²) in [6.45, 7) is 1.30. The van der Waals surface area contributed by atoms with Crippen LogP contribution in [0.4, 0.5) is 0 Å². The maximum absolute atomic E-state index is 9.69. The van der Waals surface area contributed by atoms with Gasteiger partial charge in [0.2, 0.25) is 0 Å². The Morgan fingerprint density at radius 2 is 1.02 bits per heavy atom. The van der Waals surface area contributed by atoms with Crippen molar-refractivity contribution in [1.29, 1.82) is 0 Å². The third-order valence-electron chi connectivity index (χ3n) is 7.85. The highest BCUT2D eigenvalue weighted by Gasteiger charge is 2.20. The summed E-state index contributed by atoms with van der Waals surface area (Å²) in [4.78, 5) is 8.74. The standard InChI is InChI=1S/C45H30N4/c1-29-12-11-13-31(28-29)44-34-16-5-8-19-37(34)46-45(47-44)30-22-24-33(25-23-30)49-39-21-10-7-18-36(39)43-41(49)27-26-40-42(43)35-17-6-9-20-38(35)48(40)32-14-3-2-4-15-32/h2-28H,1H3/i2D,3D,4D,5D,6D,7D,8D,9D,10D,11D,12D,13D,14D,15D,16D,17D,18D,19D,20D,21D,22D,23D,24D,25D,26D,27D,28D. The molecular weight excluding hydrogens is 597 g/mol. The molecule has 0 atom stereocenters. The molecule has 230 valence electrons. The number of nitrogens with zero attached hydrogens (tertiary/aromatic N) is 4. The molecule has 0 amide bonds. The van der Waals surface area contributed by atoms with Gasteiger partial charge in [0, 0.05) is 49.4 Å². The molecule has 49 heavy (non-hydrogen) atoms. The second kappa shape index (κ2) is 10.8. The fourth-order valence-corrected chi connectivity index (χ4v) is 5.87. The first-order valence-corrected chi connectivity index (χ1v) is 14.5. The summed E-state index contributed by atoms with van der Waals surface area (Å²) in [5.41, 5.74) is -6.51. The Bertz CT molecular complexity index is 4360. The summed E-state index contributed by atoms with van der Waals surface area (Å²) in [7, 11) is 0. The molecule has 0 aliphatic carbocycles. The Balaban J connectivity index is 1.42. The van der Waals surface area contributed by atoms with Gasteiger partial charge in [-0.2, -0.15) is 0 Å². The molecule has 0 radical (unpaired) electrons. The predicted molar refractivity (Wildman–Crippen MR) is 204 cm³/mol. The number of rotatable bonds is 4. The normalized spacial score (nSPS) is 19.5. The Hall–Kier alpha value is -6.52. The summed E-state index contributed by atoms with van der Waals surface area (Å²) in [6.07, 6.45) is 0. The average molecular weight is 654 g/mol. The SMILES string of the molecule is [2H]c1c([2H])c([2H])c(-n2c3c([2H])c([2H])c([2H])c([2H])c3c3c4c5c([2H])c([2H])c([2H])c([2H])c5n(-c5c([2H])c([2H])c(-c6nc(-c7c([2H])c([2H])c([2H])c(C)c7[2H])c7c([2H])c([2H])c([2H])c([2H])c7n6)c([2H])c5[2H])c4c([2H])c([2H])c32)c([2H])c1[2H]. The highest BCUT2D eigenvalue weighted by Crippen LogP contribution is 2.42. The molecule has 0 saturated carbocycles. The van der Waals surface area contributed by atoms with Crippen molar-refractivity contribution in [3.63, 3.8) is 0 Å². The van der Waals surface area contributed by atoms with Gasteiger partial charge in [-0.25, -0.2) is 9.97 Å². The number of para-hydroxylation sites is 4. The van der Waals surface area contributed by atoms with Crippen LogP contribution in [0.25, 0.3) is 88.5 Å². The van der Waals surface area contributed by atoms with E-state index in [1.807, 2.05) is 0 Å². The fourth-order valence-electron chi connectivity index (χ4n) is 5.87. The first kappa shape index (κ1) is 11.9. The molecule has 7 aromatic carbocycles. The van der Waals surface area contributed by atoms with E-state index in [9.17, 15) is 12.3 Å². The van der Waals surface area contributed by atoms with Crippen LogP contribution in [0.3, 0.4) is 0 Å². The topological polar surface area (TPSA) is 35.6 Å². The molecule has 4 heteroatoms. The lowest BCUT2D eigenvalue weighted by Gasteiger charge is -2.12. The number of aromatic nitrogens is 4. The minimum absolute atomic E-state index is 0.122. The predicted octanol–water partition coefficient (Wildman–Crippen LogP) is 11.5. The van der Waals surface area contributed by atoms with Crippen molar-refractivity contribution in [2.75, 3.05) is 0 Å². The molecule has 3 heterocycles. The third kappa shape index (κ3) is 4.24. The van der Waals surface area contributed by atoms with Crippen molar-refractivity contribution in [2.45, 2.75) is 6.92 Å². The number of hydrogen-bond donors (Lipinski definition) is 0. The van der Waals surface area contributed by atoms with E-state index in [-0.39, 0.29) is 5.56 Å². The molecule has 0 saturated heterocycles. The van der Waals surface area contributed by atoms with Crippen molar-refractivity contribution < 1.29 is 37.0 Å². The van der Waals surface area contributed by atoms with Crippen molar-refractivity contribution in [3.8, 4) is 34.0 Å². The molecule has 4 nitrogen and oxygen atoms in total. The van der Waals surface area contributed by atoms with Gasteiger partial charge in [0.05, 0.1) is 70.3 Å². The van der Waals surface area contributed by atoms with Crippen molar-refractivity contribution >= 4 is 54.5 Å². The van der Waals surface area contributed by atoms with Gasteiger partial charge in [-0.3, -0.25) is 0 Å². The van der Waals surface area contributed by atoms with Crippen molar-refractivity contribution in [1.82, 2.24) is 19.1 Å². The lowest BCUT2D eigenvalue weighted by Crippen LogP contribution is -1.97. The summed E-state index contributed by atoms with van der Waals surface area (Å²) >= 11 is 0. The Morgan fingerprint density at radius 1 is 0.449 bits per heavy atom. The zero-order chi connectivity index (χ0) is 56.0. The van der Waals surface area contributed by atoms with Crippen LogP contribution in [0.2, 0.25) is 0 Å². The second-order valence-corrected chi connectivity index (χ2v) is 10.6. The van der Waals surface area contributed by atoms with Gasteiger partial charge in [0.25, 0.3) is 0 Å². The quantitative estimate of drug-likeness (QED) is 0.189. The number of benzene rings is 7. The monoisotopic (exact) mass is 653 g/mol. The van der Waals surface area contributed by atoms with Crippen LogP contribution in [0.5, 0.6) is 0 Å². The highest BCUT2D eigenvalue weighted by molar-refractivity contribution is 6.28. The smallest absolute Gasteiger partial charge is 0.160 e. The van der Waals surface area contributed by atoms with Crippen LogP contribution in [-0.2, 0) is 0 Å². The molecule has 10 aromatic rings. The van der Waals surface area contributed by atoms with Gasteiger partial charge < -0.3 is 9.13 Å². The second-order valence-electron chi connectivity index (χ2n) is 10.6. The molecule has 0 bridgehead atoms. The lowest BCUT2D eigenvalue weighted by atomic mass is 10.0. The molecule has 3 aromatic heterocycles. The summed E-state index contributed by atoms with van der Waals surface area (Å²) < 4.78 is 243. The van der Waals surface area contributed by atoms with Gasteiger partial charge >= 0.3 is 0 Å². The van der Waals surface area contributed by atoms with E-state index in [1.165, 1.54) is 6.92 Å². The largest absolute Gasteiger partial charge is 0.309 e. The third-order valence-corrected chi connectivity index (χ3v) is 7.85. The van der Waals surface area contributed by atoms with Crippen molar-refractivity contribution in [3.05, 3.63) is 169 Å². The summed E-state index contributed by atoms with van der Waals surface area (Å²) in [6, 6.07) is -23.0. The van der Waals surface area contributed by atoms with Crippen LogP contribution in [0.1, 0.15) is 42.6 Å². The first-order valence-electron chi connectivity index (χ1n) is 28.0. The molecule has 0 spiro atoms. The highest BCUT2D eigenvalue weighted by atomic mass is 15.0. The Kier molecular flexibility index (Phi) is 2.61. The number of hydrogen-bond acceptors (Lipinski definition) is 2. The molecule has 0 aliphatic rings. The van der Waals surface area contributed by atoms with Crippen LogP contribution >= 0.6 is 0 Å². The van der Waals surface area contributed by atoms with E-state index in [2.05, 4.69) is 9.97 Å². The van der Waals surface area contributed by atoms with Gasteiger partial charge in [-0.15, -0.1) is 0 Å². The molecule has 10 rings (SSSR count). The molecule has 0 N–H and O–H groups in total. The van der Waals surface area contributed by atoms with Crippen LogP contribution < -0.4 is 0 Å². The van der Waals surface area contributed by atoms with E-state index >= 15 is 0 Å². The molecule has 0 fully saturated rings. The van der Waals surface area contributed by atoms with E-state index in [1.54, 1.807) is 0 Å². The Labute approximate surface area is 321 Å². The Morgan fingerprint density at radius 3 is 1.69 bits per heavy atom. The zero-order valence-electron chi connectivity index (χ0n) is 51.8. The summed E-state index contributed by atoms with van der Waals surface area (Å²) in [5.74, 6) is -0.760. The minimum atomic E-state index is -1.04. The van der Waals surface area contributed by atoms with E-state index in [0.29, 0.717) is 0 Å². The summed E-state index contributed by atoms with van der Waals surface area (Å²) in [5, 5.41) is -2.44. The average Bonchev–Trinajstić information content (AvgIpc) is 4.11. The molecule has 0 aliphatic heterocycles. The fraction of sp³-hybridized carbons (Fsp3) is 0.0222. The van der Waals surface area contributed by atoms with Crippen LogP contribution in [-0.4, -0.2) is 19.1 Å².